The number of carbonyl (C=O) groups is 2. The third-order valence-electron chi connectivity index (χ3n) is 6.45. The molecule has 0 aliphatic carbocycles. The highest BCUT2D eigenvalue weighted by Gasteiger charge is 2.32. The van der Waals surface area contributed by atoms with Gasteiger partial charge in [-0.3, -0.25) is 14.3 Å². The standard InChI is InChI=1S/C29H20F3N5O3S/c1-17-4-2-3-5-23(17)37-25(38)15-41-28(37)35-27(39)34-19-7-12-22-18(14-19)6-13-24-26(22)33-16-36(24)20-8-10-21(11-9-20)40-29(30,31)32/h2-14,16H,15H2,1H3,(H,34,39)/b35-28-. The van der Waals surface area contributed by atoms with Gasteiger partial charge in [-0.1, -0.05) is 42.1 Å². The summed E-state index contributed by atoms with van der Waals surface area (Å²) in [7, 11) is 0. The lowest BCUT2D eigenvalue weighted by molar-refractivity contribution is -0.274. The number of alkyl halides is 3. The van der Waals surface area contributed by atoms with E-state index < -0.39 is 12.4 Å². The molecular formula is C29H20F3N5O3S. The number of nitrogens with one attached hydrogen (secondary N) is 1. The molecule has 8 nitrogen and oxygen atoms in total. The molecule has 3 amide bonds. The summed E-state index contributed by atoms with van der Waals surface area (Å²) in [6.45, 7) is 1.89. The summed E-state index contributed by atoms with van der Waals surface area (Å²) in [4.78, 5) is 35.5. The Bertz CT molecular complexity index is 1850. The van der Waals surface area contributed by atoms with Crippen molar-refractivity contribution < 1.29 is 27.5 Å². The average Bonchev–Trinajstić information content (AvgIpc) is 3.52. The number of urea groups is 1. The molecule has 1 fully saturated rings. The third kappa shape index (κ3) is 5.33. The predicted molar refractivity (Wildman–Crippen MR) is 153 cm³/mol. The molecule has 1 aliphatic heterocycles. The number of aromatic nitrogens is 2. The van der Waals surface area contributed by atoms with Crippen molar-refractivity contribution in [3.8, 4) is 11.4 Å². The van der Waals surface area contributed by atoms with Crippen molar-refractivity contribution in [3.63, 3.8) is 0 Å². The van der Waals surface area contributed by atoms with Crippen LogP contribution in [0.4, 0.5) is 29.3 Å². The van der Waals surface area contributed by atoms with Gasteiger partial charge in [-0.15, -0.1) is 13.2 Å². The van der Waals surface area contributed by atoms with Crippen molar-refractivity contribution >= 4 is 62.0 Å². The molecule has 206 valence electrons. The first-order chi connectivity index (χ1) is 19.7. The van der Waals surface area contributed by atoms with Crippen LogP contribution in [0.5, 0.6) is 5.75 Å². The summed E-state index contributed by atoms with van der Waals surface area (Å²) >= 11 is 1.21. The molecule has 1 N–H and O–H groups in total. The van der Waals surface area contributed by atoms with E-state index in [4.69, 9.17) is 0 Å². The zero-order chi connectivity index (χ0) is 28.7. The van der Waals surface area contributed by atoms with Gasteiger partial charge in [0.15, 0.2) is 5.17 Å². The van der Waals surface area contributed by atoms with Crippen LogP contribution in [0.15, 0.2) is 90.2 Å². The van der Waals surface area contributed by atoms with Crippen molar-refractivity contribution in [2.24, 2.45) is 4.99 Å². The zero-order valence-electron chi connectivity index (χ0n) is 21.3. The Labute approximate surface area is 235 Å². The van der Waals surface area contributed by atoms with Gasteiger partial charge in [0.05, 0.1) is 22.5 Å². The SMILES string of the molecule is Cc1ccccc1N1C(=O)CS/C1=N\C(=O)Nc1ccc2c(ccc3c2ncn3-c2ccc(OC(F)(F)F)cc2)c1. The molecule has 1 aliphatic rings. The summed E-state index contributed by atoms with van der Waals surface area (Å²) in [5.74, 6) is -0.252. The maximum Gasteiger partial charge on any atom is 0.573 e. The predicted octanol–water partition coefficient (Wildman–Crippen LogP) is 7.05. The van der Waals surface area contributed by atoms with E-state index in [0.29, 0.717) is 27.7 Å². The number of hydrogen-bond acceptors (Lipinski definition) is 5. The highest BCUT2D eigenvalue weighted by atomic mass is 32.2. The monoisotopic (exact) mass is 575 g/mol. The van der Waals surface area contributed by atoms with Crippen molar-refractivity contribution in [1.82, 2.24) is 9.55 Å². The number of aliphatic imine (C=N–C) groups is 1. The molecule has 2 heterocycles. The van der Waals surface area contributed by atoms with Gasteiger partial charge in [0.1, 0.15) is 12.1 Å². The van der Waals surface area contributed by atoms with Gasteiger partial charge >= 0.3 is 12.4 Å². The van der Waals surface area contributed by atoms with Crippen LogP contribution in [0, 0.1) is 6.92 Å². The minimum absolute atomic E-state index is 0.143. The fourth-order valence-electron chi connectivity index (χ4n) is 4.64. The van der Waals surface area contributed by atoms with Crippen LogP contribution < -0.4 is 15.0 Å². The number of amidine groups is 1. The van der Waals surface area contributed by atoms with Gasteiger partial charge in [-0.05, 0) is 66.4 Å². The molecule has 4 aromatic carbocycles. The quantitative estimate of drug-likeness (QED) is 0.248. The van der Waals surface area contributed by atoms with Gasteiger partial charge in [0.25, 0.3) is 0 Å². The largest absolute Gasteiger partial charge is 0.573 e. The van der Waals surface area contributed by atoms with Gasteiger partial charge in [0.2, 0.25) is 5.91 Å². The number of halogens is 3. The maximum absolute atomic E-state index is 12.8. The second-order valence-corrected chi connectivity index (χ2v) is 10.1. The van der Waals surface area contributed by atoms with Crippen LogP contribution in [0.25, 0.3) is 27.5 Å². The smallest absolute Gasteiger partial charge is 0.406 e. The Balaban J connectivity index is 1.23. The Kier molecular flexibility index (Phi) is 6.62. The number of amides is 3. The topological polar surface area (TPSA) is 88.8 Å². The van der Waals surface area contributed by atoms with Crippen LogP contribution in [0.1, 0.15) is 5.56 Å². The number of nitrogens with zero attached hydrogens (tertiary/aromatic N) is 4. The van der Waals surface area contributed by atoms with Crippen molar-refractivity contribution in [1.29, 1.82) is 0 Å². The van der Waals surface area contributed by atoms with Gasteiger partial charge < -0.3 is 10.1 Å². The van der Waals surface area contributed by atoms with E-state index in [-0.39, 0.29) is 17.4 Å². The lowest BCUT2D eigenvalue weighted by Crippen LogP contribution is -2.30. The minimum atomic E-state index is -4.76. The highest BCUT2D eigenvalue weighted by molar-refractivity contribution is 8.15. The number of thioether (sulfide) groups is 1. The molecule has 0 saturated carbocycles. The van der Waals surface area contributed by atoms with Crippen molar-refractivity contribution in [3.05, 3.63) is 90.8 Å². The molecule has 0 atom stereocenters. The number of fused-ring (bicyclic) bond motifs is 3. The van der Waals surface area contributed by atoms with Gasteiger partial charge in [-0.2, -0.15) is 4.99 Å². The van der Waals surface area contributed by atoms with Gasteiger partial charge in [-0.25, -0.2) is 9.78 Å². The lowest BCUT2D eigenvalue weighted by atomic mass is 10.1. The minimum Gasteiger partial charge on any atom is -0.406 e. The molecule has 41 heavy (non-hydrogen) atoms. The van der Waals surface area contributed by atoms with E-state index in [9.17, 15) is 22.8 Å². The van der Waals surface area contributed by atoms with Crippen LogP contribution in [0.3, 0.4) is 0 Å². The number of rotatable bonds is 4. The fraction of sp³-hybridized carbons (Fsp3) is 0.103. The number of benzene rings is 4. The molecule has 5 aromatic rings. The summed E-state index contributed by atoms with van der Waals surface area (Å²) in [5, 5.41) is 4.72. The van der Waals surface area contributed by atoms with Crippen molar-refractivity contribution in [2.75, 3.05) is 16.0 Å². The molecule has 0 radical (unpaired) electrons. The number of carbonyl (C=O) groups excluding carboxylic acids is 2. The van der Waals surface area contributed by atoms with Crippen LogP contribution in [0.2, 0.25) is 0 Å². The molecule has 6 rings (SSSR count). The summed E-state index contributed by atoms with van der Waals surface area (Å²) in [5.41, 5.74) is 4.16. The summed E-state index contributed by atoms with van der Waals surface area (Å²) < 4.78 is 43.2. The number of aryl methyl sites for hydroxylation is 1. The molecular weight excluding hydrogens is 555 g/mol. The molecule has 0 bridgehead atoms. The Hall–Kier alpha value is -4.84. The Morgan fingerprint density at radius 3 is 2.59 bits per heavy atom. The number of anilines is 2. The van der Waals surface area contributed by atoms with E-state index in [1.807, 2.05) is 49.4 Å². The first-order valence-corrected chi connectivity index (χ1v) is 13.3. The Morgan fingerprint density at radius 2 is 1.83 bits per heavy atom. The average molecular weight is 576 g/mol. The lowest BCUT2D eigenvalue weighted by Gasteiger charge is -2.18. The van der Waals surface area contributed by atoms with E-state index >= 15 is 0 Å². The van der Waals surface area contributed by atoms with E-state index in [1.165, 1.54) is 40.9 Å². The Morgan fingerprint density at radius 1 is 1.05 bits per heavy atom. The van der Waals surface area contributed by atoms with Crippen LogP contribution in [-0.4, -0.2) is 38.8 Å². The first kappa shape index (κ1) is 26.4. The summed E-state index contributed by atoms with van der Waals surface area (Å²) in [6.07, 6.45) is -3.17. The van der Waals surface area contributed by atoms with Crippen LogP contribution in [-0.2, 0) is 4.79 Å². The van der Waals surface area contributed by atoms with E-state index in [2.05, 4.69) is 20.0 Å². The third-order valence-corrected chi connectivity index (χ3v) is 7.37. The molecule has 1 saturated heterocycles. The highest BCUT2D eigenvalue weighted by Crippen LogP contribution is 2.31. The maximum atomic E-state index is 12.8. The molecule has 12 heteroatoms. The van der Waals surface area contributed by atoms with Crippen molar-refractivity contribution in [2.45, 2.75) is 13.3 Å². The summed E-state index contributed by atoms with van der Waals surface area (Å²) in [6, 6.07) is 21.4. The second-order valence-electron chi connectivity index (χ2n) is 9.15. The zero-order valence-corrected chi connectivity index (χ0v) is 22.2. The number of para-hydroxylation sites is 1. The van der Waals surface area contributed by atoms with E-state index in [0.717, 1.165) is 21.9 Å². The molecule has 0 unspecified atom stereocenters. The number of imidazole rings is 1. The number of ether oxygens (including phenoxy) is 1. The van der Waals surface area contributed by atoms with E-state index in [1.54, 1.807) is 23.0 Å². The number of hydrogen-bond donors (Lipinski definition) is 1. The van der Waals surface area contributed by atoms with Gasteiger partial charge in [0, 0.05) is 16.8 Å². The normalized spacial score (nSPS) is 14.8. The fourth-order valence-corrected chi connectivity index (χ4v) is 5.49. The first-order valence-electron chi connectivity index (χ1n) is 12.3. The second kappa shape index (κ2) is 10.3. The molecule has 0 spiro atoms. The molecule has 1 aromatic heterocycles. The van der Waals surface area contributed by atoms with Crippen LogP contribution >= 0.6 is 11.8 Å².